The van der Waals surface area contributed by atoms with E-state index in [0.717, 1.165) is 25.9 Å². The smallest absolute Gasteiger partial charge is 0.337 e. The fourth-order valence-corrected chi connectivity index (χ4v) is 2.80. The third-order valence-corrected chi connectivity index (χ3v) is 3.95. The van der Waals surface area contributed by atoms with Crippen LogP contribution in [0.15, 0.2) is 18.2 Å². The van der Waals surface area contributed by atoms with Crippen LogP contribution in [0, 0.1) is 0 Å². The minimum Gasteiger partial charge on any atom is -0.478 e. The quantitative estimate of drug-likeness (QED) is 0.925. The number of likely N-dealkylation sites (N-methyl/N-ethyl adjacent to an activating group) is 2. The Morgan fingerprint density at radius 1 is 1.53 bits per heavy atom. The third-order valence-electron chi connectivity index (χ3n) is 3.72. The first-order valence-corrected chi connectivity index (χ1v) is 6.81. The van der Waals surface area contributed by atoms with Gasteiger partial charge in [-0.1, -0.05) is 11.6 Å². The highest BCUT2D eigenvalue weighted by Gasteiger charge is 2.24. The fraction of sp³-hybridized carbons (Fsp3) is 0.500. The molecule has 1 N–H and O–H groups in total. The van der Waals surface area contributed by atoms with Crippen LogP contribution in [0.25, 0.3) is 0 Å². The summed E-state index contributed by atoms with van der Waals surface area (Å²) in [6, 6.07) is 5.26. The molecule has 1 heterocycles. The number of likely N-dealkylation sites (tertiary alicyclic amines) is 1. The van der Waals surface area contributed by atoms with Crippen LogP contribution < -0.4 is 4.90 Å². The molecule has 0 radical (unpaired) electrons. The van der Waals surface area contributed by atoms with Crippen LogP contribution in [0.3, 0.4) is 0 Å². The zero-order chi connectivity index (χ0) is 14.0. The second-order valence-corrected chi connectivity index (χ2v) is 5.57. The van der Waals surface area contributed by atoms with Crippen LogP contribution in [-0.4, -0.2) is 49.2 Å². The summed E-state index contributed by atoms with van der Waals surface area (Å²) in [5.41, 5.74) is 1.00. The van der Waals surface area contributed by atoms with Crippen molar-refractivity contribution in [3.8, 4) is 0 Å². The van der Waals surface area contributed by atoms with E-state index in [1.54, 1.807) is 18.2 Å². The lowest BCUT2D eigenvalue weighted by Gasteiger charge is -2.37. The normalized spacial score (nSPS) is 20.3. The van der Waals surface area contributed by atoms with Crippen LogP contribution in [0.4, 0.5) is 5.69 Å². The number of aromatic carboxylic acids is 1. The number of carbonyl (C=O) groups is 1. The van der Waals surface area contributed by atoms with Crippen molar-refractivity contribution in [2.45, 2.75) is 18.9 Å². The van der Waals surface area contributed by atoms with Gasteiger partial charge in [-0.3, -0.25) is 0 Å². The van der Waals surface area contributed by atoms with Crippen LogP contribution in [-0.2, 0) is 0 Å². The molecule has 19 heavy (non-hydrogen) atoms. The van der Waals surface area contributed by atoms with Crippen molar-refractivity contribution in [3.05, 3.63) is 28.8 Å². The number of piperidine rings is 1. The van der Waals surface area contributed by atoms with Crippen molar-refractivity contribution in [3.63, 3.8) is 0 Å². The summed E-state index contributed by atoms with van der Waals surface area (Å²) in [4.78, 5) is 15.6. The molecule has 1 aliphatic rings. The summed E-state index contributed by atoms with van der Waals surface area (Å²) in [5.74, 6) is -0.914. The lowest BCUT2D eigenvalue weighted by Crippen LogP contribution is -2.45. The number of carboxylic acids is 1. The summed E-state index contributed by atoms with van der Waals surface area (Å²) >= 11 is 6.00. The average Bonchev–Trinajstić information content (AvgIpc) is 2.37. The van der Waals surface area contributed by atoms with Crippen LogP contribution >= 0.6 is 11.6 Å². The van der Waals surface area contributed by atoms with Crippen molar-refractivity contribution >= 4 is 23.3 Å². The fourth-order valence-electron chi connectivity index (χ4n) is 2.63. The highest BCUT2D eigenvalue weighted by atomic mass is 35.5. The van der Waals surface area contributed by atoms with E-state index < -0.39 is 5.97 Å². The number of rotatable bonds is 3. The average molecular weight is 283 g/mol. The minimum absolute atomic E-state index is 0.306. The SMILES string of the molecule is CN1CCCC(N(C)c2cc(Cl)ccc2C(=O)O)C1. The van der Waals surface area contributed by atoms with Crippen molar-refractivity contribution in [1.29, 1.82) is 0 Å². The van der Waals surface area contributed by atoms with E-state index in [1.165, 1.54) is 0 Å². The molecular formula is C14H19ClN2O2. The Morgan fingerprint density at radius 3 is 2.89 bits per heavy atom. The molecule has 1 saturated heterocycles. The maximum atomic E-state index is 11.3. The number of carboxylic acid groups (broad SMARTS) is 1. The Kier molecular flexibility index (Phi) is 4.32. The zero-order valence-electron chi connectivity index (χ0n) is 11.3. The van der Waals surface area contributed by atoms with E-state index in [2.05, 4.69) is 11.9 Å². The maximum absolute atomic E-state index is 11.3. The number of anilines is 1. The molecule has 4 nitrogen and oxygen atoms in total. The maximum Gasteiger partial charge on any atom is 0.337 e. The van der Waals surface area contributed by atoms with Gasteiger partial charge in [-0.25, -0.2) is 4.79 Å². The van der Waals surface area contributed by atoms with Gasteiger partial charge in [-0.05, 0) is 44.6 Å². The van der Waals surface area contributed by atoms with Gasteiger partial charge in [-0.2, -0.15) is 0 Å². The summed E-state index contributed by atoms with van der Waals surface area (Å²) in [6.45, 7) is 2.05. The monoisotopic (exact) mass is 282 g/mol. The molecular weight excluding hydrogens is 264 g/mol. The van der Waals surface area contributed by atoms with E-state index in [-0.39, 0.29) is 0 Å². The number of halogens is 1. The van der Waals surface area contributed by atoms with Crippen molar-refractivity contribution in [2.24, 2.45) is 0 Å². The minimum atomic E-state index is -0.914. The van der Waals surface area contributed by atoms with E-state index in [1.807, 2.05) is 11.9 Å². The van der Waals surface area contributed by atoms with Crippen molar-refractivity contribution < 1.29 is 9.90 Å². The second-order valence-electron chi connectivity index (χ2n) is 5.14. The van der Waals surface area contributed by atoms with Gasteiger partial charge in [0.25, 0.3) is 0 Å². The first-order valence-electron chi connectivity index (χ1n) is 6.43. The molecule has 1 aromatic rings. The standard InChI is InChI=1S/C14H19ClN2O2/c1-16-7-3-4-11(9-16)17(2)13-8-10(15)5-6-12(13)14(18)19/h5-6,8,11H,3-4,7,9H2,1-2H3,(H,18,19). The van der Waals surface area contributed by atoms with E-state index in [9.17, 15) is 9.90 Å². The highest BCUT2D eigenvalue weighted by molar-refractivity contribution is 6.31. The molecule has 5 heteroatoms. The van der Waals surface area contributed by atoms with E-state index in [4.69, 9.17) is 11.6 Å². The summed E-state index contributed by atoms with van der Waals surface area (Å²) in [5, 5.41) is 9.84. The van der Waals surface area contributed by atoms with Crippen molar-refractivity contribution in [2.75, 3.05) is 32.1 Å². The predicted octanol–water partition coefficient (Wildman–Crippen LogP) is 2.57. The Hall–Kier alpha value is -1.26. The van der Waals surface area contributed by atoms with E-state index in [0.29, 0.717) is 22.3 Å². The predicted molar refractivity (Wildman–Crippen MR) is 77.3 cm³/mol. The molecule has 0 aliphatic carbocycles. The number of hydrogen-bond donors (Lipinski definition) is 1. The Bertz CT molecular complexity index is 479. The molecule has 0 aromatic heterocycles. The van der Waals surface area contributed by atoms with E-state index >= 15 is 0 Å². The highest BCUT2D eigenvalue weighted by Crippen LogP contribution is 2.28. The topological polar surface area (TPSA) is 43.8 Å². The van der Waals surface area contributed by atoms with Gasteiger partial charge < -0.3 is 14.9 Å². The van der Waals surface area contributed by atoms with Crippen molar-refractivity contribution in [1.82, 2.24) is 4.90 Å². The molecule has 1 aromatic carbocycles. The molecule has 0 saturated carbocycles. The van der Waals surface area contributed by atoms with Crippen LogP contribution in [0.5, 0.6) is 0 Å². The molecule has 1 aliphatic heterocycles. The Labute approximate surface area is 118 Å². The number of nitrogens with zero attached hydrogens (tertiary/aromatic N) is 2. The molecule has 1 atom stereocenters. The first kappa shape index (κ1) is 14.2. The van der Waals surface area contributed by atoms with Gasteiger partial charge in [0.05, 0.1) is 11.3 Å². The molecule has 0 bridgehead atoms. The molecule has 1 fully saturated rings. The Balaban J connectivity index is 2.29. The largest absolute Gasteiger partial charge is 0.478 e. The van der Waals surface area contributed by atoms with Gasteiger partial charge >= 0.3 is 5.97 Å². The van der Waals surface area contributed by atoms with Gasteiger partial charge in [0, 0.05) is 24.7 Å². The van der Waals surface area contributed by atoms with Gasteiger partial charge in [0.15, 0.2) is 0 Å². The lowest BCUT2D eigenvalue weighted by atomic mass is 10.0. The lowest BCUT2D eigenvalue weighted by molar-refractivity contribution is 0.0697. The van der Waals surface area contributed by atoms with Gasteiger partial charge in [0.1, 0.15) is 0 Å². The third kappa shape index (κ3) is 3.19. The molecule has 2 rings (SSSR count). The molecule has 104 valence electrons. The second kappa shape index (κ2) is 5.80. The molecule has 0 spiro atoms. The number of benzene rings is 1. The van der Waals surface area contributed by atoms with Crippen LogP contribution in [0.1, 0.15) is 23.2 Å². The van der Waals surface area contributed by atoms with Gasteiger partial charge in [0.2, 0.25) is 0 Å². The Morgan fingerprint density at radius 2 is 2.26 bits per heavy atom. The summed E-state index contributed by atoms with van der Waals surface area (Å²) < 4.78 is 0. The zero-order valence-corrected chi connectivity index (χ0v) is 12.0. The molecule has 1 unspecified atom stereocenters. The molecule has 0 amide bonds. The van der Waals surface area contributed by atoms with Gasteiger partial charge in [-0.15, -0.1) is 0 Å². The summed E-state index contributed by atoms with van der Waals surface area (Å²) in [7, 11) is 4.04. The summed E-state index contributed by atoms with van der Waals surface area (Å²) in [6.07, 6.45) is 2.21. The van der Waals surface area contributed by atoms with Crippen LogP contribution in [0.2, 0.25) is 5.02 Å². The number of hydrogen-bond acceptors (Lipinski definition) is 3. The first-order chi connectivity index (χ1) is 8.99.